The molecule has 0 radical (unpaired) electrons. The summed E-state index contributed by atoms with van der Waals surface area (Å²) in [5.41, 5.74) is 7.58. The van der Waals surface area contributed by atoms with Crippen LogP contribution in [-0.2, 0) is 10.2 Å². The monoisotopic (exact) mass is 428 g/mol. The number of rotatable bonds is 2. The first-order valence-electron chi connectivity index (χ1n) is 10.8. The minimum atomic E-state index is -0.574. The number of aromatic nitrogens is 1. The second-order valence-corrected chi connectivity index (χ2v) is 9.81. The first-order valence-corrected chi connectivity index (χ1v) is 10.8. The normalized spacial score (nSPS) is 20.7. The lowest BCUT2D eigenvalue weighted by atomic mass is 9.68. The first-order chi connectivity index (χ1) is 14.6. The molecule has 31 heavy (non-hydrogen) atoms. The molecule has 0 aliphatic carbocycles. The van der Waals surface area contributed by atoms with Crippen LogP contribution in [0, 0.1) is 5.41 Å². The molecule has 1 fully saturated rings. The van der Waals surface area contributed by atoms with Crippen LogP contribution < -0.4 is 10.5 Å². The van der Waals surface area contributed by atoms with E-state index in [1.165, 1.54) is 0 Å². The highest BCUT2D eigenvalue weighted by molar-refractivity contribution is 5.89. The minimum absolute atomic E-state index is 0.00476. The molecule has 8 nitrogen and oxygen atoms in total. The molecule has 2 aliphatic heterocycles. The van der Waals surface area contributed by atoms with E-state index >= 15 is 0 Å². The van der Waals surface area contributed by atoms with Crippen molar-refractivity contribution >= 4 is 22.8 Å². The van der Waals surface area contributed by atoms with E-state index in [0.29, 0.717) is 32.5 Å². The molecule has 1 aromatic carbocycles. The quantitative estimate of drug-likeness (QED) is 0.682. The van der Waals surface area contributed by atoms with Gasteiger partial charge in [-0.3, -0.25) is 4.79 Å². The average Bonchev–Trinajstić information content (AvgIpc) is 3.12. The number of aliphatic hydroxyl groups excluding tert-OH is 1. The molecule has 3 amide bonds. The number of methoxy groups -OCH3 is 1. The van der Waals surface area contributed by atoms with Gasteiger partial charge in [-0.15, -0.1) is 0 Å². The Bertz CT molecular complexity index is 1010. The number of fused-ring (bicyclic) bond motifs is 4. The van der Waals surface area contributed by atoms with Gasteiger partial charge in [0.15, 0.2) is 0 Å². The van der Waals surface area contributed by atoms with Crippen molar-refractivity contribution in [3.05, 3.63) is 29.5 Å². The molecule has 2 aliphatic rings. The Morgan fingerprint density at radius 1 is 1.29 bits per heavy atom. The number of benzene rings is 1. The van der Waals surface area contributed by atoms with Crippen LogP contribution >= 0.6 is 0 Å². The van der Waals surface area contributed by atoms with Crippen LogP contribution in [0.5, 0.6) is 5.75 Å². The lowest BCUT2D eigenvalue weighted by Gasteiger charge is -2.51. The Labute approximate surface area is 182 Å². The van der Waals surface area contributed by atoms with Crippen LogP contribution in [0.1, 0.15) is 50.9 Å². The Balaban J connectivity index is 1.89. The lowest BCUT2D eigenvalue weighted by Crippen LogP contribution is -2.57. The topological polar surface area (TPSA) is 112 Å². The molecule has 1 saturated heterocycles. The van der Waals surface area contributed by atoms with Crippen molar-refractivity contribution in [1.82, 2.24) is 14.8 Å². The van der Waals surface area contributed by atoms with E-state index in [0.717, 1.165) is 27.9 Å². The van der Waals surface area contributed by atoms with Crippen LogP contribution in [0.15, 0.2) is 18.2 Å². The van der Waals surface area contributed by atoms with Crippen molar-refractivity contribution in [2.75, 3.05) is 33.4 Å². The highest BCUT2D eigenvalue weighted by Gasteiger charge is 2.50. The number of carbonyl (C=O) groups excluding carboxylic acids is 2. The molecule has 1 aromatic heterocycles. The maximum absolute atomic E-state index is 13.4. The van der Waals surface area contributed by atoms with Gasteiger partial charge in [0.25, 0.3) is 0 Å². The van der Waals surface area contributed by atoms with Crippen molar-refractivity contribution in [2.24, 2.45) is 11.1 Å². The summed E-state index contributed by atoms with van der Waals surface area (Å²) in [7, 11) is 1.63. The molecule has 4 rings (SSSR count). The predicted molar refractivity (Wildman–Crippen MR) is 118 cm³/mol. The Kier molecular flexibility index (Phi) is 5.16. The number of carbonyl (C=O) groups is 2. The zero-order chi connectivity index (χ0) is 22.6. The Hall–Kier alpha value is -2.74. The number of likely N-dealkylation sites (tertiary alicyclic amines) is 1. The summed E-state index contributed by atoms with van der Waals surface area (Å²) in [6.45, 7) is 7.13. The zero-order valence-electron chi connectivity index (χ0n) is 18.7. The molecule has 1 unspecified atom stereocenters. The fraction of sp³-hybridized carbons (Fsp3) is 0.565. The van der Waals surface area contributed by atoms with E-state index in [4.69, 9.17) is 10.5 Å². The van der Waals surface area contributed by atoms with Crippen molar-refractivity contribution in [3.8, 4) is 5.75 Å². The van der Waals surface area contributed by atoms with E-state index in [1.807, 2.05) is 43.9 Å². The van der Waals surface area contributed by atoms with Crippen LogP contribution in [0.25, 0.3) is 10.9 Å². The number of H-pyrrole nitrogens is 1. The standard InChI is InChI=1S/C23H32N4O4/c1-22(2,3)20(29)27-13-23(7-9-26(10-8-23)21(24)30)18-15-6-5-14(31-4)11-16(15)25-19(18)17(27)12-28/h5-6,11,17,25,28H,7-10,12-13H2,1-4H3,(H2,24,30). The summed E-state index contributed by atoms with van der Waals surface area (Å²) in [6.07, 6.45) is 1.40. The highest BCUT2D eigenvalue weighted by Crippen LogP contribution is 2.49. The zero-order valence-corrected chi connectivity index (χ0v) is 18.7. The van der Waals surface area contributed by atoms with Gasteiger partial charge >= 0.3 is 6.03 Å². The molecule has 4 N–H and O–H groups in total. The number of primary amides is 1. The molecule has 168 valence electrons. The third-order valence-electron chi connectivity index (χ3n) is 6.86. The van der Waals surface area contributed by atoms with Crippen LogP contribution in [-0.4, -0.2) is 65.2 Å². The summed E-state index contributed by atoms with van der Waals surface area (Å²) in [5, 5.41) is 11.4. The number of hydrogen-bond donors (Lipinski definition) is 3. The van der Waals surface area contributed by atoms with Gasteiger partial charge < -0.3 is 30.4 Å². The van der Waals surface area contributed by atoms with Gasteiger partial charge in [0.05, 0.1) is 19.8 Å². The van der Waals surface area contributed by atoms with Gasteiger partial charge in [-0.2, -0.15) is 0 Å². The Morgan fingerprint density at radius 2 is 1.97 bits per heavy atom. The van der Waals surface area contributed by atoms with E-state index in [1.54, 1.807) is 12.0 Å². The summed E-state index contributed by atoms with van der Waals surface area (Å²) >= 11 is 0. The Morgan fingerprint density at radius 3 is 2.52 bits per heavy atom. The fourth-order valence-electron chi connectivity index (χ4n) is 5.21. The number of nitrogens with zero attached hydrogens (tertiary/aromatic N) is 2. The summed E-state index contributed by atoms with van der Waals surface area (Å²) in [6, 6.07) is 5.07. The molecule has 2 aromatic rings. The third kappa shape index (κ3) is 3.43. The molecule has 0 bridgehead atoms. The number of nitrogens with one attached hydrogen (secondary N) is 1. The number of hydrogen-bond acceptors (Lipinski definition) is 4. The van der Waals surface area contributed by atoms with Crippen molar-refractivity contribution in [3.63, 3.8) is 0 Å². The third-order valence-corrected chi connectivity index (χ3v) is 6.86. The molecule has 0 saturated carbocycles. The molecule has 8 heteroatoms. The summed E-state index contributed by atoms with van der Waals surface area (Å²) in [5.74, 6) is 0.747. The van der Waals surface area contributed by atoms with Gasteiger partial charge in [-0.05, 0) is 30.5 Å². The number of piperidine rings is 1. The van der Waals surface area contributed by atoms with Crippen LogP contribution in [0.2, 0.25) is 0 Å². The number of nitrogens with two attached hydrogens (primary N) is 1. The fourth-order valence-corrected chi connectivity index (χ4v) is 5.21. The number of amides is 3. The molecule has 1 atom stereocenters. The SMILES string of the molecule is COc1ccc2c3c([nH]c2c1)C(CO)N(C(=O)C(C)(C)C)CC31CCN(C(N)=O)CC1. The van der Waals surface area contributed by atoms with Crippen LogP contribution in [0.3, 0.4) is 0 Å². The second-order valence-electron chi connectivity index (χ2n) is 9.81. The average molecular weight is 429 g/mol. The molecular formula is C23H32N4O4. The van der Waals surface area contributed by atoms with Gasteiger partial charge in [-0.25, -0.2) is 4.79 Å². The molecular weight excluding hydrogens is 396 g/mol. The maximum atomic E-state index is 13.4. The minimum Gasteiger partial charge on any atom is -0.497 e. The van der Waals surface area contributed by atoms with E-state index in [-0.39, 0.29) is 17.9 Å². The van der Waals surface area contributed by atoms with Crippen LogP contribution in [0.4, 0.5) is 4.79 Å². The first kappa shape index (κ1) is 21.5. The number of aliphatic hydroxyl groups is 1. The van der Waals surface area contributed by atoms with Gasteiger partial charge in [-0.1, -0.05) is 20.8 Å². The molecule has 3 heterocycles. The largest absolute Gasteiger partial charge is 0.497 e. The smallest absolute Gasteiger partial charge is 0.314 e. The van der Waals surface area contributed by atoms with E-state index < -0.39 is 17.5 Å². The van der Waals surface area contributed by atoms with Gasteiger partial charge in [0.2, 0.25) is 5.91 Å². The van der Waals surface area contributed by atoms with Crippen molar-refractivity contribution in [1.29, 1.82) is 0 Å². The van der Waals surface area contributed by atoms with Crippen molar-refractivity contribution in [2.45, 2.75) is 45.1 Å². The number of ether oxygens (including phenoxy) is 1. The van der Waals surface area contributed by atoms with Crippen molar-refractivity contribution < 1.29 is 19.4 Å². The maximum Gasteiger partial charge on any atom is 0.314 e. The van der Waals surface area contributed by atoms with E-state index in [2.05, 4.69) is 4.98 Å². The summed E-state index contributed by atoms with van der Waals surface area (Å²) < 4.78 is 5.40. The second kappa shape index (κ2) is 7.44. The van der Waals surface area contributed by atoms with Gasteiger partial charge in [0, 0.05) is 53.1 Å². The summed E-state index contributed by atoms with van der Waals surface area (Å²) in [4.78, 5) is 32.1. The predicted octanol–water partition coefficient (Wildman–Crippen LogP) is 2.51. The van der Waals surface area contributed by atoms with Gasteiger partial charge in [0.1, 0.15) is 5.75 Å². The van der Waals surface area contributed by atoms with E-state index in [9.17, 15) is 14.7 Å². The highest BCUT2D eigenvalue weighted by atomic mass is 16.5. The number of aromatic amines is 1. The number of urea groups is 1. The molecule has 1 spiro atoms. The lowest BCUT2D eigenvalue weighted by molar-refractivity contribution is -0.145.